The summed E-state index contributed by atoms with van der Waals surface area (Å²) in [6, 6.07) is -0.693. The molecule has 0 aromatic carbocycles. The molecule has 0 aromatic rings. The molecule has 0 bridgehead atoms. The van der Waals surface area contributed by atoms with Crippen LogP contribution in [0, 0.1) is 0 Å². The van der Waals surface area contributed by atoms with E-state index >= 15 is 0 Å². The zero-order chi connectivity index (χ0) is 8.69. The number of hydrogen-bond acceptors (Lipinski definition) is 3. The molecule has 0 saturated heterocycles. The number of carboxylic acids is 1. The predicted molar refractivity (Wildman–Crippen MR) is 45.2 cm³/mol. The van der Waals surface area contributed by atoms with Crippen LogP contribution < -0.4 is 0 Å². The van der Waals surface area contributed by atoms with E-state index in [1.165, 1.54) is 0 Å². The van der Waals surface area contributed by atoms with Crippen molar-refractivity contribution in [2.24, 2.45) is 4.74 Å². The zero-order valence-corrected chi connectivity index (χ0v) is 7.36. The average molecular weight is 180 g/mol. The molecule has 3 nitrogen and oxygen atoms in total. The highest BCUT2D eigenvalue weighted by atomic mass is 32.2. The van der Waals surface area contributed by atoms with Gasteiger partial charge in [0.05, 0.1) is 0 Å². The molecule has 0 heterocycles. The van der Waals surface area contributed by atoms with Crippen molar-refractivity contribution in [1.29, 1.82) is 1.28 Å². The van der Waals surface area contributed by atoms with Gasteiger partial charge in [-0.15, -0.1) is 0 Å². The summed E-state index contributed by atoms with van der Waals surface area (Å²) in [6.45, 7) is 0. The first kappa shape index (κ1) is 8.02. The van der Waals surface area contributed by atoms with E-state index in [4.69, 9.17) is 6.39 Å². The number of carboxylic acid groups (broad SMARTS) is 1. The molecule has 58 valence electrons. The maximum absolute atomic E-state index is 10.4. The first-order chi connectivity index (χ1) is 5.22. The van der Waals surface area contributed by atoms with Gasteiger partial charge in [-0.25, -0.2) is 4.79 Å². The van der Waals surface area contributed by atoms with Gasteiger partial charge in [0.2, 0.25) is 0 Å². The molecule has 0 saturated carbocycles. The van der Waals surface area contributed by atoms with Crippen molar-refractivity contribution in [2.75, 3.05) is 12.0 Å². The van der Waals surface area contributed by atoms with E-state index in [1.54, 1.807) is 11.8 Å². The van der Waals surface area contributed by atoms with E-state index in [2.05, 4.69) is 4.74 Å². The summed E-state index contributed by atoms with van der Waals surface area (Å²) in [7, 11) is 0.0502. The molecule has 10 heavy (non-hydrogen) atoms. The Hall–Kier alpha value is -0.0800. The van der Waals surface area contributed by atoms with Crippen molar-refractivity contribution in [1.82, 2.24) is 0 Å². The van der Waals surface area contributed by atoms with Crippen LogP contribution in [0.4, 0.5) is 0 Å². The molecule has 1 N–H and O–H groups in total. The number of rotatable bonds is 5. The lowest BCUT2D eigenvalue weighted by molar-refractivity contribution is -0.138. The summed E-state index contributed by atoms with van der Waals surface area (Å²) >= 11 is 1.59. The fourth-order valence-corrected chi connectivity index (χ4v) is 1.13. The van der Waals surface area contributed by atoms with E-state index in [0.717, 1.165) is 5.75 Å². The fourth-order valence-electron chi connectivity index (χ4n) is 0.460. The van der Waals surface area contributed by atoms with Crippen LogP contribution in [0.1, 0.15) is 6.42 Å². The summed E-state index contributed by atoms with van der Waals surface area (Å²) in [5.41, 5.74) is 0. The Balaban J connectivity index is 3.79. The second-order valence-corrected chi connectivity index (χ2v) is 2.97. The van der Waals surface area contributed by atoms with Crippen LogP contribution in [0.3, 0.4) is 0 Å². The molecular formula is C5H10NO2PS. The number of carbonyl (C=O) groups is 1. The quantitative estimate of drug-likeness (QED) is 0.652. The van der Waals surface area contributed by atoms with Crippen LogP contribution in [0.25, 0.3) is 0 Å². The van der Waals surface area contributed by atoms with Gasteiger partial charge in [0, 0.05) is 0 Å². The van der Waals surface area contributed by atoms with Gasteiger partial charge in [0.15, 0.2) is 6.04 Å². The molecule has 0 fully saturated rings. The number of hydrogen-bond donors (Lipinski definition) is 1. The van der Waals surface area contributed by atoms with Crippen molar-refractivity contribution in [3.05, 3.63) is 0 Å². The van der Waals surface area contributed by atoms with Gasteiger partial charge in [-0.3, -0.25) is 4.74 Å². The Kier molecular flexibility index (Phi) is 4.56. The highest BCUT2D eigenvalue weighted by Crippen LogP contribution is 2.05. The maximum Gasteiger partial charge on any atom is 0.328 e. The first-order valence-electron chi connectivity index (χ1n) is 3.23. The van der Waals surface area contributed by atoms with Crippen LogP contribution in [0.2, 0.25) is 0 Å². The fraction of sp³-hybridized carbons (Fsp3) is 0.800. The Morgan fingerprint density at radius 1 is 2.10 bits per heavy atom. The minimum atomic E-state index is -0.932. The van der Waals surface area contributed by atoms with Crippen LogP contribution in [0.5, 0.6) is 0 Å². The molecule has 0 aliphatic rings. The second kappa shape index (κ2) is 5.69. The summed E-state index contributed by atoms with van der Waals surface area (Å²) in [6.07, 6.45) is 2.43. The van der Waals surface area contributed by atoms with E-state index in [9.17, 15) is 4.79 Å². The minimum Gasteiger partial charge on any atom is -0.480 e. The normalized spacial score (nSPS) is 15.1. The van der Waals surface area contributed by atoms with Crippen LogP contribution in [0.15, 0.2) is 4.74 Å². The molecule has 0 aromatic heterocycles. The van der Waals surface area contributed by atoms with Gasteiger partial charge in [0.25, 0.3) is 0 Å². The third-order valence-corrected chi connectivity index (χ3v) is 1.94. The molecule has 1 atom stereocenters. The maximum atomic E-state index is 10.4. The third kappa shape index (κ3) is 3.85. The number of nitrogens with zero attached hydrogens (tertiary/aromatic N) is 1. The lowest BCUT2D eigenvalue weighted by atomic mass is 10.2. The molecule has 5 heteroatoms. The highest BCUT2D eigenvalue weighted by Gasteiger charge is 2.13. The van der Waals surface area contributed by atoms with Crippen LogP contribution in [-0.2, 0) is 4.79 Å². The molecule has 1 unspecified atom stereocenters. The van der Waals surface area contributed by atoms with Crippen LogP contribution in [-0.4, -0.2) is 30.4 Å². The van der Waals surface area contributed by atoms with E-state index in [-0.39, 0.29) is 8.98 Å². The third-order valence-electron chi connectivity index (χ3n) is 1.02. The van der Waals surface area contributed by atoms with Gasteiger partial charge in [0.1, 0.15) is 1.28 Å². The van der Waals surface area contributed by atoms with Gasteiger partial charge in [-0.2, -0.15) is 11.8 Å². The Labute approximate surface area is 67.8 Å². The largest absolute Gasteiger partial charge is 0.480 e. The smallest absolute Gasteiger partial charge is 0.328 e. The molecule has 0 rings (SSSR count). The van der Waals surface area contributed by atoms with E-state index in [0.29, 0.717) is 6.42 Å². The Morgan fingerprint density at radius 2 is 2.80 bits per heavy atom. The topological polar surface area (TPSA) is 49.7 Å². The number of thioether (sulfide) groups is 1. The molecule has 0 spiro atoms. The van der Waals surface area contributed by atoms with Gasteiger partial charge < -0.3 is 5.11 Å². The monoisotopic (exact) mass is 180 g/mol. The van der Waals surface area contributed by atoms with Crippen molar-refractivity contribution in [3.63, 3.8) is 0 Å². The lowest BCUT2D eigenvalue weighted by Gasteiger charge is -2.02. The Bertz CT molecular complexity index is 155. The molecule has 0 radical (unpaired) electrons. The van der Waals surface area contributed by atoms with Crippen molar-refractivity contribution in [3.8, 4) is 0 Å². The van der Waals surface area contributed by atoms with Crippen molar-refractivity contribution in [2.45, 2.75) is 12.5 Å². The van der Waals surface area contributed by atoms with Crippen LogP contribution >= 0.6 is 20.7 Å². The summed E-state index contributed by atoms with van der Waals surface area (Å²) in [4.78, 5) is 10.4. The summed E-state index contributed by atoms with van der Waals surface area (Å²) in [5.74, 6) is -0.158. The summed E-state index contributed by atoms with van der Waals surface area (Å²) < 4.78 is 10.3. The highest BCUT2D eigenvalue weighted by molar-refractivity contribution is 7.98. The SMILES string of the molecule is [2H]/P=N/C(CCSC)C(=O)O. The Morgan fingerprint density at radius 3 is 3.20 bits per heavy atom. The van der Waals surface area contributed by atoms with Gasteiger partial charge >= 0.3 is 5.97 Å². The zero-order valence-electron chi connectivity index (χ0n) is 6.65. The first-order valence-corrected chi connectivity index (χ1v) is 4.57. The van der Waals surface area contributed by atoms with Crippen molar-refractivity contribution < 1.29 is 9.90 Å². The minimum absolute atomic E-state index is 0.0502. The molecular weight excluding hydrogens is 169 g/mol. The average Bonchev–Trinajstić information content (AvgIpc) is 1.97. The molecule has 0 aliphatic carbocycles. The van der Waals surface area contributed by atoms with Gasteiger partial charge in [-0.1, -0.05) is 0 Å². The lowest BCUT2D eigenvalue weighted by Crippen LogP contribution is -2.17. The molecule has 0 aliphatic heterocycles. The standard InChI is InChI=1S/C5H10NO2PS/c1-10-3-2-4(6-9)5(7)8/h4,9H,2-3H2,1H3,(H,7,8)/i9D. The number of aliphatic carboxylic acids is 1. The second-order valence-electron chi connectivity index (χ2n) is 1.75. The van der Waals surface area contributed by atoms with Crippen molar-refractivity contribution >= 4 is 26.7 Å². The van der Waals surface area contributed by atoms with E-state index in [1.807, 2.05) is 6.26 Å². The van der Waals surface area contributed by atoms with Gasteiger partial charge in [-0.05, 0) is 27.4 Å². The van der Waals surface area contributed by atoms with E-state index < -0.39 is 12.0 Å². The predicted octanol–water partition coefficient (Wildman–Crippen LogP) is 1.52. The molecule has 0 amide bonds. The summed E-state index contributed by atoms with van der Waals surface area (Å²) in [5, 5.41) is 8.54.